The number of anilines is 1. The molecule has 1 fully saturated rings. The van der Waals surface area contributed by atoms with Gasteiger partial charge >= 0.3 is 0 Å². The minimum atomic E-state index is 0.000946. The number of benzene rings is 1. The van der Waals surface area contributed by atoms with E-state index in [0.717, 1.165) is 49.8 Å². The summed E-state index contributed by atoms with van der Waals surface area (Å²) < 4.78 is 1.66. The van der Waals surface area contributed by atoms with E-state index in [2.05, 4.69) is 39.0 Å². The first-order chi connectivity index (χ1) is 12.2. The number of aromatic nitrogens is 2. The Labute approximate surface area is 147 Å². The van der Waals surface area contributed by atoms with Crippen LogP contribution in [0.2, 0.25) is 0 Å². The average Bonchev–Trinajstić information content (AvgIpc) is 2.63. The highest BCUT2D eigenvalue weighted by Gasteiger charge is 2.18. The van der Waals surface area contributed by atoms with Gasteiger partial charge in [-0.2, -0.15) is 0 Å². The van der Waals surface area contributed by atoms with Gasteiger partial charge in [-0.25, -0.2) is 4.98 Å². The molecule has 3 heterocycles. The van der Waals surface area contributed by atoms with Crippen molar-refractivity contribution in [1.82, 2.24) is 14.3 Å². The Bertz CT molecular complexity index is 927. The maximum Gasteiger partial charge on any atom is 0.258 e. The van der Waals surface area contributed by atoms with Crippen molar-refractivity contribution in [3.8, 4) is 0 Å². The SMILES string of the molecule is Cc1cccc2nc(CN3CCN(c4ccccc4)CC3)cc(=O)n12. The van der Waals surface area contributed by atoms with E-state index in [1.807, 2.05) is 31.2 Å². The highest BCUT2D eigenvalue weighted by Crippen LogP contribution is 2.16. The summed E-state index contributed by atoms with van der Waals surface area (Å²) in [5.74, 6) is 0. The van der Waals surface area contributed by atoms with Gasteiger partial charge in [0.1, 0.15) is 5.65 Å². The summed E-state index contributed by atoms with van der Waals surface area (Å²) in [6.45, 7) is 6.60. The molecule has 5 heteroatoms. The standard InChI is InChI=1S/C20H22N4O/c1-16-6-5-9-19-21-17(14-20(25)24(16)19)15-22-10-12-23(13-11-22)18-7-3-2-4-8-18/h2-9,14H,10-13,15H2,1H3. The Balaban J connectivity index is 1.47. The van der Waals surface area contributed by atoms with Gasteiger partial charge in [-0.15, -0.1) is 0 Å². The Kier molecular flexibility index (Phi) is 4.24. The molecule has 0 bridgehead atoms. The normalized spacial score (nSPS) is 15.6. The highest BCUT2D eigenvalue weighted by atomic mass is 16.1. The van der Waals surface area contributed by atoms with Crippen molar-refractivity contribution < 1.29 is 0 Å². The smallest absolute Gasteiger partial charge is 0.258 e. The molecule has 0 N–H and O–H groups in total. The maximum atomic E-state index is 12.4. The molecule has 2 aromatic heterocycles. The van der Waals surface area contributed by atoms with E-state index in [0.29, 0.717) is 0 Å². The predicted molar refractivity (Wildman–Crippen MR) is 100 cm³/mol. The lowest BCUT2D eigenvalue weighted by atomic mass is 10.2. The molecule has 0 atom stereocenters. The van der Waals surface area contributed by atoms with Gasteiger partial charge in [-0.3, -0.25) is 14.1 Å². The number of rotatable bonds is 3. The Morgan fingerprint density at radius 2 is 1.72 bits per heavy atom. The van der Waals surface area contributed by atoms with Crippen LogP contribution in [0.15, 0.2) is 59.4 Å². The zero-order chi connectivity index (χ0) is 17.2. The quantitative estimate of drug-likeness (QED) is 0.737. The summed E-state index contributed by atoms with van der Waals surface area (Å²) in [5, 5.41) is 0. The second-order valence-corrected chi connectivity index (χ2v) is 6.55. The molecule has 0 aliphatic carbocycles. The third kappa shape index (κ3) is 3.28. The number of pyridine rings is 1. The molecule has 4 rings (SSSR count). The summed E-state index contributed by atoms with van der Waals surface area (Å²) >= 11 is 0. The molecule has 25 heavy (non-hydrogen) atoms. The van der Waals surface area contributed by atoms with Crippen molar-refractivity contribution in [2.24, 2.45) is 0 Å². The van der Waals surface area contributed by atoms with Crippen molar-refractivity contribution in [3.63, 3.8) is 0 Å². The van der Waals surface area contributed by atoms with Crippen LogP contribution in [-0.2, 0) is 6.54 Å². The van der Waals surface area contributed by atoms with E-state index in [1.165, 1.54) is 5.69 Å². The van der Waals surface area contributed by atoms with Crippen LogP contribution < -0.4 is 10.5 Å². The maximum absolute atomic E-state index is 12.4. The van der Waals surface area contributed by atoms with E-state index in [4.69, 9.17) is 0 Å². The van der Waals surface area contributed by atoms with Gasteiger partial charge in [0.2, 0.25) is 0 Å². The van der Waals surface area contributed by atoms with Gasteiger partial charge < -0.3 is 4.90 Å². The summed E-state index contributed by atoms with van der Waals surface area (Å²) in [5.41, 5.74) is 3.77. The van der Waals surface area contributed by atoms with Crippen LogP contribution in [0, 0.1) is 6.92 Å². The predicted octanol–water partition coefficient (Wildman–Crippen LogP) is 2.33. The first-order valence-electron chi connectivity index (χ1n) is 8.71. The molecule has 3 aromatic rings. The molecule has 0 amide bonds. The van der Waals surface area contributed by atoms with Gasteiger partial charge in [0.05, 0.1) is 5.69 Å². The van der Waals surface area contributed by atoms with E-state index in [1.54, 1.807) is 10.5 Å². The number of hydrogen-bond acceptors (Lipinski definition) is 4. The fourth-order valence-electron chi connectivity index (χ4n) is 3.48. The second kappa shape index (κ2) is 6.69. The third-order valence-electron chi connectivity index (χ3n) is 4.81. The lowest BCUT2D eigenvalue weighted by Gasteiger charge is -2.35. The number of piperazine rings is 1. The van der Waals surface area contributed by atoms with Crippen LogP contribution in [0.1, 0.15) is 11.4 Å². The van der Waals surface area contributed by atoms with Crippen LogP contribution in [0.5, 0.6) is 0 Å². The summed E-state index contributed by atoms with van der Waals surface area (Å²) in [6, 6.07) is 18.0. The lowest BCUT2D eigenvalue weighted by Crippen LogP contribution is -2.46. The Morgan fingerprint density at radius 1 is 0.960 bits per heavy atom. The largest absolute Gasteiger partial charge is 0.369 e. The minimum Gasteiger partial charge on any atom is -0.369 e. The first kappa shape index (κ1) is 15.8. The van der Waals surface area contributed by atoms with E-state index < -0.39 is 0 Å². The molecule has 0 spiro atoms. The Hall–Kier alpha value is -2.66. The van der Waals surface area contributed by atoms with Gasteiger partial charge in [-0.1, -0.05) is 24.3 Å². The fraction of sp³-hybridized carbons (Fsp3) is 0.300. The molecular formula is C20H22N4O. The van der Waals surface area contributed by atoms with Crippen molar-refractivity contribution >= 4 is 11.3 Å². The zero-order valence-electron chi connectivity index (χ0n) is 14.4. The molecule has 0 radical (unpaired) electrons. The highest BCUT2D eigenvalue weighted by molar-refractivity contribution is 5.46. The zero-order valence-corrected chi connectivity index (χ0v) is 14.4. The summed E-state index contributed by atoms with van der Waals surface area (Å²) in [4.78, 5) is 21.8. The molecule has 1 aliphatic rings. The number of aryl methyl sites for hydroxylation is 1. The molecule has 128 valence electrons. The molecule has 0 saturated carbocycles. The van der Waals surface area contributed by atoms with Crippen molar-refractivity contribution in [1.29, 1.82) is 0 Å². The van der Waals surface area contributed by atoms with Gasteiger partial charge in [0.25, 0.3) is 5.56 Å². The van der Waals surface area contributed by atoms with Crippen molar-refractivity contribution in [3.05, 3.63) is 76.3 Å². The van der Waals surface area contributed by atoms with Crippen molar-refractivity contribution in [2.45, 2.75) is 13.5 Å². The molecule has 0 unspecified atom stereocenters. The van der Waals surface area contributed by atoms with E-state index >= 15 is 0 Å². The second-order valence-electron chi connectivity index (χ2n) is 6.55. The molecular weight excluding hydrogens is 312 g/mol. The van der Waals surface area contributed by atoms with Gasteiger partial charge in [-0.05, 0) is 31.2 Å². The lowest BCUT2D eigenvalue weighted by molar-refractivity contribution is 0.247. The van der Waals surface area contributed by atoms with Gasteiger partial charge in [0.15, 0.2) is 0 Å². The number of hydrogen-bond donors (Lipinski definition) is 0. The van der Waals surface area contributed by atoms with Crippen LogP contribution in [-0.4, -0.2) is 40.5 Å². The molecule has 1 aliphatic heterocycles. The number of para-hydroxylation sites is 1. The molecule has 5 nitrogen and oxygen atoms in total. The number of fused-ring (bicyclic) bond motifs is 1. The van der Waals surface area contributed by atoms with E-state index in [9.17, 15) is 4.79 Å². The minimum absolute atomic E-state index is 0.000946. The van der Waals surface area contributed by atoms with Crippen molar-refractivity contribution in [2.75, 3.05) is 31.1 Å². The third-order valence-corrected chi connectivity index (χ3v) is 4.81. The van der Waals surface area contributed by atoms with Crippen LogP contribution in [0.25, 0.3) is 5.65 Å². The summed E-state index contributed by atoms with van der Waals surface area (Å²) in [6.07, 6.45) is 0. The Morgan fingerprint density at radius 3 is 2.48 bits per heavy atom. The number of nitrogens with zero attached hydrogens (tertiary/aromatic N) is 4. The first-order valence-corrected chi connectivity index (χ1v) is 8.71. The fourth-order valence-corrected chi connectivity index (χ4v) is 3.48. The topological polar surface area (TPSA) is 40.9 Å². The summed E-state index contributed by atoms with van der Waals surface area (Å²) in [7, 11) is 0. The average molecular weight is 334 g/mol. The molecule has 1 saturated heterocycles. The monoisotopic (exact) mass is 334 g/mol. The van der Waals surface area contributed by atoms with Gasteiger partial charge in [0, 0.05) is 50.2 Å². The molecule has 1 aromatic carbocycles. The van der Waals surface area contributed by atoms with Crippen LogP contribution in [0.3, 0.4) is 0 Å². The van der Waals surface area contributed by atoms with Crippen LogP contribution in [0.4, 0.5) is 5.69 Å². The van der Waals surface area contributed by atoms with Crippen LogP contribution >= 0.6 is 0 Å². The van der Waals surface area contributed by atoms with E-state index in [-0.39, 0.29) is 5.56 Å².